The fourth-order valence-electron chi connectivity index (χ4n) is 4.33. The Morgan fingerprint density at radius 2 is 0.833 bits per heavy atom. The normalized spacial score (nSPS) is 11.6. The minimum absolute atomic E-state index is 0.121. The summed E-state index contributed by atoms with van der Waals surface area (Å²) in [7, 11) is 0. The second kappa shape index (κ2) is 8.25. The third-order valence-corrected chi connectivity index (χ3v) is 5.77. The van der Waals surface area contributed by atoms with Crippen molar-refractivity contribution in [1.82, 2.24) is 0 Å². The molecule has 0 radical (unpaired) electrons. The Morgan fingerprint density at radius 1 is 0.361 bits per heavy atom. The molecular weight excluding hydrogens is 502 g/mol. The summed E-state index contributed by atoms with van der Waals surface area (Å²) < 4.78 is 145. The largest absolute Gasteiger partial charge is 0.206 e. The first-order valence-electron chi connectivity index (χ1n) is 10.0. The van der Waals surface area contributed by atoms with E-state index in [0.717, 1.165) is 18.2 Å². The quantitative estimate of drug-likeness (QED) is 0.0965. The van der Waals surface area contributed by atoms with Crippen molar-refractivity contribution >= 4 is 21.5 Å². The van der Waals surface area contributed by atoms with Crippen LogP contribution in [0.15, 0.2) is 48.5 Å². The van der Waals surface area contributed by atoms with Gasteiger partial charge in [0.25, 0.3) is 0 Å². The lowest BCUT2D eigenvalue weighted by Crippen LogP contribution is -2.03. The van der Waals surface area contributed by atoms with Gasteiger partial charge in [-0.1, -0.05) is 12.1 Å². The van der Waals surface area contributed by atoms with Gasteiger partial charge in [-0.25, -0.2) is 43.9 Å². The van der Waals surface area contributed by atoms with E-state index >= 15 is 13.2 Å². The van der Waals surface area contributed by atoms with E-state index in [4.69, 9.17) is 0 Å². The van der Waals surface area contributed by atoms with Gasteiger partial charge in [-0.05, 0) is 41.3 Å². The minimum atomic E-state index is -2.02. The first-order chi connectivity index (χ1) is 17.0. The average molecular weight is 510 g/mol. The van der Waals surface area contributed by atoms with E-state index in [2.05, 4.69) is 0 Å². The van der Waals surface area contributed by atoms with Crippen molar-refractivity contribution in [1.29, 1.82) is 0 Å². The van der Waals surface area contributed by atoms with Gasteiger partial charge in [0, 0.05) is 33.4 Å². The van der Waals surface area contributed by atoms with E-state index < -0.39 is 102 Å². The van der Waals surface area contributed by atoms with E-state index in [1.807, 2.05) is 0 Å². The van der Waals surface area contributed by atoms with E-state index in [-0.39, 0.29) is 6.07 Å². The number of fused-ring (bicyclic) bond motifs is 2. The van der Waals surface area contributed by atoms with Crippen LogP contribution < -0.4 is 0 Å². The van der Waals surface area contributed by atoms with Crippen LogP contribution in [0.5, 0.6) is 0 Å². The maximum Gasteiger partial charge on any atom is 0.194 e. The molecule has 10 heteroatoms. The van der Waals surface area contributed by atoms with Gasteiger partial charge in [0.2, 0.25) is 0 Å². The van der Waals surface area contributed by atoms with Crippen LogP contribution in [0, 0.1) is 58.2 Å². The molecule has 182 valence electrons. The summed E-state index contributed by atoms with van der Waals surface area (Å²) in [6.07, 6.45) is 0. The number of benzene rings is 5. The summed E-state index contributed by atoms with van der Waals surface area (Å²) in [6, 6.07) is 4.68. The molecule has 0 aliphatic carbocycles. The van der Waals surface area contributed by atoms with E-state index in [1.54, 1.807) is 0 Å². The molecule has 0 nitrogen and oxygen atoms in total. The molecule has 0 heterocycles. The van der Waals surface area contributed by atoms with Crippen LogP contribution in [-0.2, 0) is 0 Å². The molecule has 0 amide bonds. The Labute approximate surface area is 195 Å². The highest BCUT2D eigenvalue weighted by molar-refractivity contribution is 6.22. The lowest BCUT2D eigenvalue weighted by molar-refractivity contribution is 0.448. The first kappa shape index (κ1) is 23.7. The smallest absolute Gasteiger partial charge is 0.194 e. The predicted molar refractivity (Wildman–Crippen MR) is 112 cm³/mol. The van der Waals surface area contributed by atoms with E-state index in [0.29, 0.717) is 24.3 Å². The zero-order valence-electron chi connectivity index (χ0n) is 17.4. The van der Waals surface area contributed by atoms with Gasteiger partial charge in [-0.2, -0.15) is 0 Å². The standard InChI is InChI=1S/C26H8F10/c27-11-3-1-2-10-18(9-6-14(30)24(34)15(31)7-9)20-12(28)4-5-13(29)21(20)22(19(10)11)23-25(35)16(32)8-17(33)26(23)36/h1-8H. The van der Waals surface area contributed by atoms with Gasteiger partial charge in [-0.3, -0.25) is 0 Å². The second-order valence-electron chi connectivity index (χ2n) is 7.79. The topological polar surface area (TPSA) is 0 Å². The van der Waals surface area contributed by atoms with Gasteiger partial charge in [0.1, 0.15) is 17.5 Å². The zero-order chi connectivity index (χ0) is 26.0. The Hall–Kier alpha value is -4.08. The van der Waals surface area contributed by atoms with Gasteiger partial charge in [0.15, 0.2) is 40.7 Å². The molecule has 0 spiro atoms. The monoisotopic (exact) mass is 510 g/mol. The van der Waals surface area contributed by atoms with Crippen LogP contribution in [0.2, 0.25) is 0 Å². The van der Waals surface area contributed by atoms with Crippen LogP contribution in [0.3, 0.4) is 0 Å². The van der Waals surface area contributed by atoms with Crippen LogP contribution in [0.4, 0.5) is 43.9 Å². The molecule has 0 aliphatic heterocycles. The van der Waals surface area contributed by atoms with Crippen LogP contribution in [0.25, 0.3) is 43.8 Å². The van der Waals surface area contributed by atoms with Crippen molar-refractivity contribution in [2.75, 3.05) is 0 Å². The van der Waals surface area contributed by atoms with Crippen LogP contribution in [0.1, 0.15) is 0 Å². The van der Waals surface area contributed by atoms with Gasteiger partial charge >= 0.3 is 0 Å². The first-order valence-corrected chi connectivity index (χ1v) is 10.0. The number of hydrogen-bond acceptors (Lipinski definition) is 0. The van der Waals surface area contributed by atoms with Crippen molar-refractivity contribution in [3.8, 4) is 22.3 Å². The molecule has 0 bridgehead atoms. The van der Waals surface area contributed by atoms with Crippen molar-refractivity contribution in [3.63, 3.8) is 0 Å². The molecule has 36 heavy (non-hydrogen) atoms. The van der Waals surface area contributed by atoms with Gasteiger partial charge < -0.3 is 0 Å². The minimum Gasteiger partial charge on any atom is -0.206 e. The predicted octanol–water partition coefficient (Wildman–Crippen LogP) is 8.72. The zero-order valence-corrected chi connectivity index (χ0v) is 17.4. The van der Waals surface area contributed by atoms with Crippen molar-refractivity contribution in [2.24, 2.45) is 0 Å². The Balaban J connectivity index is 2.15. The molecule has 0 saturated carbocycles. The summed E-state index contributed by atoms with van der Waals surface area (Å²) in [5.74, 6) is -17.1. The number of rotatable bonds is 2. The summed E-state index contributed by atoms with van der Waals surface area (Å²) in [5, 5.41) is -3.18. The maximum atomic E-state index is 15.2. The fraction of sp³-hybridized carbons (Fsp3) is 0. The van der Waals surface area contributed by atoms with Gasteiger partial charge in [-0.15, -0.1) is 0 Å². The summed E-state index contributed by atoms with van der Waals surface area (Å²) in [5.41, 5.74) is -3.74. The van der Waals surface area contributed by atoms with Crippen molar-refractivity contribution in [3.05, 3.63) is 107 Å². The highest BCUT2D eigenvalue weighted by atomic mass is 19.2. The lowest BCUT2D eigenvalue weighted by Gasteiger charge is -2.20. The molecule has 0 aliphatic rings. The SMILES string of the molecule is Fc1cc(-c2c3cccc(F)c3c(-c3c(F)c(F)cc(F)c3F)c3c(F)ccc(F)c23)cc(F)c1F. The molecule has 0 unspecified atom stereocenters. The Bertz CT molecular complexity index is 1690. The molecule has 0 fully saturated rings. The van der Waals surface area contributed by atoms with Crippen molar-refractivity contribution in [2.45, 2.75) is 0 Å². The van der Waals surface area contributed by atoms with E-state index in [1.165, 1.54) is 0 Å². The van der Waals surface area contributed by atoms with Crippen LogP contribution in [-0.4, -0.2) is 0 Å². The Morgan fingerprint density at radius 3 is 1.39 bits per heavy atom. The highest BCUT2D eigenvalue weighted by Crippen LogP contribution is 2.48. The second-order valence-corrected chi connectivity index (χ2v) is 7.79. The summed E-state index contributed by atoms with van der Waals surface area (Å²) in [4.78, 5) is 0. The van der Waals surface area contributed by atoms with Gasteiger partial charge in [0.05, 0.1) is 5.56 Å². The molecule has 5 rings (SSSR count). The van der Waals surface area contributed by atoms with Crippen molar-refractivity contribution < 1.29 is 43.9 Å². The third kappa shape index (κ3) is 3.31. The molecule has 0 saturated heterocycles. The summed E-state index contributed by atoms with van der Waals surface area (Å²) in [6.45, 7) is 0. The third-order valence-electron chi connectivity index (χ3n) is 5.77. The molecular formula is C26H8F10. The number of hydrogen-bond donors (Lipinski definition) is 0. The molecule has 0 atom stereocenters. The number of halogens is 10. The summed E-state index contributed by atoms with van der Waals surface area (Å²) >= 11 is 0. The average Bonchev–Trinajstić information content (AvgIpc) is 2.83. The maximum absolute atomic E-state index is 15.2. The Kier molecular flexibility index (Phi) is 5.42. The molecule has 0 N–H and O–H groups in total. The van der Waals surface area contributed by atoms with E-state index in [9.17, 15) is 30.7 Å². The van der Waals surface area contributed by atoms with Crippen LogP contribution >= 0.6 is 0 Å². The molecule has 5 aromatic rings. The highest BCUT2D eigenvalue weighted by Gasteiger charge is 2.30. The molecule has 0 aromatic heterocycles. The molecule has 5 aromatic carbocycles. The lowest BCUT2D eigenvalue weighted by atomic mass is 9.84. The fourth-order valence-corrected chi connectivity index (χ4v) is 4.33.